The lowest BCUT2D eigenvalue weighted by Gasteiger charge is -2.25. The highest BCUT2D eigenvalue weighted by Crippen LogP contribution is 2.18. The summed E-state index contributed by atoms with van der Waals surface area (Å²) in [5, 5.41) is 0.971. The minimum atomic E-state index is -0.158. The van der Waals surface area contributed by atoms with E-state index in [9.17, 15) is 9.59 Å². The summed E-state index contributed by atoms with van der Waals surface area (Å²) in [6.07, 6.45) is 1.97. The zero-order valence-electron chi connectivity index (χ0n) is 16.0. The number of carbonyl (C=O) groups is 1. The molecule has 1 fully saturated rings. The molecule has 1 aliphatic rings. The highest BCUT2D eigenvalue weighted by Gasteiger charge is 2.24. The average molecular weight is 376 g/mol. The largest absolute Gasteiger partial charge is 0.376 e. The van der Waals surface area contributed by atoms with Gasteiger partial charge >= 0.3 is 0 Å². The second kappa shape index (κ2) is 7.98. The lowest BCUT2D eigenvalue weighted by Crippen LogP contribution is -2.38. The summed E-state index contributed by atoms with van der Waals surface area (Å²) in [6, 6.07) is 17.0. The lowest BCUT2D eigenvalue weighted by molar-refractivity contribution is 0.0506. The molecule has 0 radical (unpaired) electrons. The van der Waals surface area contributed by atoms with Gasteiger partial charge in [-0.2, -0.15) is 0 Å². The number of benzene rings is 2. The minimum absolute atomic E-state index is 0.0226. The Morgan fingerprint density at radius 2 is 2.00 bits per heavy atom. The Bertz CT molecular complexity index is 1040. The van der Waals surface area contributed by atoms with Gasteiger partial charge in [0.1, 0.15) is 0 Å². The Kier molecular flexibility index (Phi) is 5.26. The van der Waals surface area contributed by atoms with Crippen LogP contribution in [-0.2, 0) is 11.3 Å². The number of H-pyrrole nitrogens is 1. The number of nitrogens with one attached hydrogen (secondary N) is 1. The molecular formula is C23H24N2O3. The van der Waals surface area contributed by atoms with Crippen LogP contribution in [0, 0.1) is 6.92 Å². The van der Waals surface area contributed by atoms with E-state index in [1.54, 1.807) is 17.0 Å². The maximum atomic E-state index is 13.1. The van der Waals surface area contributed by atoms with Gasteiger partial charge in [0.25, 0.3) is 11.5 Å². The molecule has 0 saturated carbocycles. The Hall–Kier alpha value is -2.92. The summed E-state index contributed by atoms with van der Waals surface area (Å²) in [5.74, 6) is -0.0835. The molecule has 1 N–H and O–H groups in total. The van der Waals surface area contributed by atoms with Gasteiger partial charge in [0, 0.05) is 29.8 Å². The van der Waals surface area contributed by atoms with Crippen LogP contribution in [0.2, 0.25) is 0 Å². The molecule has 2 heterocycles. The predicted molar refractivity (Wildman–Crippen MR) is 109 cm³/mol. The molecule has 1 atom stereocenters. The van der Waals surface area contributed by atoms with Gasteiger partial charge in [-0.15, -0.1) is 0 Å². The van der Waals surface area contributed by atoms with E-state index in [2.05, 4.69) is 4.98 Å². The van der Waals surface area contributed by atoms with E-state index in [1.807, 2.05) is 49.4 Å². The van der Waals surface area contributed by atoms with E-state index in [1.165, 1.54) is 0 Å². The SMILES string of the molecule is Cc1ccc2[nH]c(=O)c(CN(CC3CCCO3)C(=O)c3ccccc3)cc2c1. The van der Waals surface area contributed by atoms with E-state index in [0.717, 1.165) is 35.9 Å². The third kappa shape index (κ3) is 3.99. The van der Waals surface area contributed by atoms with Crippen molar-refractivity contribution in [1.29, 1.82) is 0 Å². The minimum Gasteiger partial charge on any atom is -0.376 e. The number of hydrogen-bond donors (Lipinski definition) is 1. The van der Waals surface area contributed by atoms with Crippen molar-refractivity contribution in [3.63, 3.8) is 0 Å². The maximum absolute atomic E-state index is 13.1. The summed E-state index contributed by atoms with van der Waals surface area (Å²) >= 11 is 0. The van der Waals surface area contributed by atoms with Crippen molar-refractivity contribution in [3.8, 4) is 0 Å². The second-order valence-corrected chi connectivity index (χ2v) is 7.40. The Morgan fingerprint density at radius 1 is 1.18 bits per heavy atom. The van der Waals surface area contributed by atoms with Gasteiger partial charge in [0.05, 0.1) is 12.6 Å². The summed E-state index contributed by atoms with van der Waals surface area (Å²) < 4.78 is 5.74. The van der Waals surface area contributed by atoms with E-state index >= 15 is 0 Å². The number of ether oxygens (including phenoxy) is 1. The normalized spacial score (nSPS) is 16.4. The maximum Gasteiger partial charge on any atom is 0.254 e. The standard InChI is InChI=1S/C23H24N2O3/c1-16-9-10-21-18(12-16)13-19(22(26)24-21)14-25(15-20-8-5-11-28-20)23(27)17-6-3-2-4-7-17/h2-4,6-7,9-10,12-13,20H,5,8,11,14-15H2,1H3,(H,24,26). The number of nitrogens with zero attached hydrogens (tertiary/aromatic N) is 1. The molecule has 28 heavy (non-hydrogen) atoms. The summed E-state index contributed by atoms with van der Waals surface area (Å²) in [4.78, 5) is 30.4. The fraction of sp³-hybridized carbons (Fsp3) is 0.304. The molecule has 4 rings (SSSR count). The quantitative estimate of drug-likeness (QED) is 0.739. The molecule has 0 bridgehead atoms. The van der Waals surface area contributed by atoms with Crippen molar-refractivity contribution >= 4 is 16.8 Å². The first-order valence-electron chi connectivity index (χ1n) is 9.68. The fourth-order valence-electron chi connectivity index (χ4n) is 3.71. The predicted octanol–water partition coefficient (Wildman–Crippen LogP) is 3.66. The van der Waals surface area contributed by atoms with Crippen molar-refractivity contribution in [2.75, 3.05) is 13.2 Å². The average Bonchev–Trinajstić information content (AvgIpc) is 3.21. The van der Waals surface area contributed by atoms with Gasteiger partial charge in [-0.05, 0) is 55.5 Å². The molecule has 0 aliphatic carbocycles. The number of aryl methyl sites for hydroxylation is 1. The van der Waals surface area contributed by atoms with Gasteiger partial charge in [0.15, 0.2) is 0 Å². The molecule has 144 valence electrons. The van der Waals surface area contributed by atoms with Crippen LogP contribution in [0.3, 0.4) is 0 Å². The Morgan fingerprint density at radius 3 is 2.75 bits per heavy atom. The Labute approximate surface area is 163 Å². The zero-order chi connectivity index (χ0) is 19.5. The topological polar surface area (TPSA) is 62.4 Å². The monoisotopic (exact) mass is 376 g/mol. The van der Waals surface area contributed by atoms with Crippen LogP contribution in [0.4, 0.5) is 0 Å². The second-order valence-electron chi connectivity index (χ2n) is 7.40. The number of pyridine rings is 1. The number of fused-ring (bicyclic) bond motifs is 1. The van der Waals surface area contributed by atoms with Crippen LogP contribution < -0.4 is 5.56 Å². The van der Waals surface area contributed by atoms with Gasteiger partial charge in [0.2, 0.25) is 0 Å². The summed E-state index contributed by atoms with van der Waals surface area (Å²) in [7, 11) is 0. The number of carbonyl (C=O) groups excluding carboxylic acids is 1. The number of amides is 1. The molecule has 2 aromatic carbocycles. The highest BCUT2D eigenvalue weighted by molar-refractivity contribution is 5.94. The van der Waals surface area contributed by atoms with Crippen molar-refractivity contribution in [2.24, 2.45) is 0 Å². The van der Waals surface area contributed by atoms with E-state index < -0.39 is 0 Å². The van der Waals surface area contributed by atoms with Gasteiger partial charge in [-0.3, -0.25) is 9.59 Å². The molecule has 1 amide bonds. The van der Waals surface area contributed by atoms with Crippen LogP contribution in [0.15, 0.2) is 59.4 Å². The molecule has 1 aromatic heterocycles. The summed E-state index contributed by atoms with van der Waals surface area (Å²) in [6.45, 7) is 3.49. The van der Waals surface area contributed by atoms with Crippen LogP contribution in [-0.4, -0.2) is 35.0 Å². The van der Waals surface area contributed by atoms with Crippen molar-refractivity contribution < 1.29 is 9.53 Å². The molecule has 3 aromatic rings. The molecule has 5 nitrogen and oxygen atoms in total. The summed E-state index contributed by atoms with van der Waals surface area (Å²) in [5.41, 5.74) is 2.98. The Balaban J connectivity index is 1.66. The lowest BCUT2D eigenvalue weighted by atomic mass is 10.1. The molecule has 1 saturated heterocycles. The molecular weight excluding hydrogens is 352 g/mol. The van der Waals surface area contributed by atoms with Crippen LogP contribution in [0.5, 0.6) is 0 Å². The smallest absolute Gasteiger partial charge is 0.254 e. The number of hydrogen-bond acceptors (Lipinski definition) is 3. The molecule has 0 spiro atoms. The third-order valence-corrected chi connectivity index (χ3v) is 5.19. The first-order chi connectivity index (χ1) is 13.6. The van der Waals surface area contributed by atoms with E-state index in [4.69, 9.17) is 4.74 Å². The van der Waals surface area contributed by atoms with Crippen molar-refractivity contribution in [2.45, 2.75) is 32.4 Å². The number of aromatic nitrogens is 1. The van der Waals surface area contributed by atoms with E-state index in [0.29, 0.717) is 17.7 Å². The molecule has 1 aliphatic heterocycles. The van der Waals surface area contributed by atoms with Gasteiger partial charge in [-0.25, -0.2) is 0 Å². The highest BCUT2D eigenvalue weighted by atomic mass is 16.5. The number of aromatic amines is 1. The van der Waals surface area contributed by atoms with Crippen LogP contribution in [0.1, 0.15) is 34.3 Å². The first-order valence-corrected chi connectivity index (χ1v) is 9.68. The number of rotatable bonds is 5. The fourth-order valence-corrected chi connectivity index (χ4v) is 3.71. The molecule has 5 heteroatoms. The van der Waals surface area contributed by atoms with Crippen LogP contribution >= 0.6 is 0 Å². The van der Waals surface area contributed by atoms with Crippen LogP contribution in [0.25, 0.3) is 10.9 Å². The van der Waals surface area contributed by atoms with E-state index in [-0.39, 0.29) is 24.1 Å². The zero-order valence-corrected chi connectivity index (χ0v) is 16.0. The third-order valence-electron chi connectivity index (χ3n) is 5.19. The van der Waals surface area contributed by atoms with Crippen molar-refractivity contribution in [3.05, 3.63) is 81.6 Å². The van der Waals surface area contributed by atoms with Gasteiger partial charge < -0.3 is 14.6 Å². The molecule has 1 unspecified atom stereocenters. The van der Waals surface area contributed by atoms with Gasteiger partial charge in [-0.1, -0.05) is 29.8 Å². The van der Waals surface area contributed by atoms with Crippen molar-refractivity contribution in [1.82, 2.24) is 9.88 Å². The first kappa shape index (κ1) is 18.4.